The zero-order chi connectivity index (χ0) is 21.2. The molecule has 2 aromatic carbocycles. The predicted octanol–water partition coefficient (Wildman–Crippen LogP) is 2.41. The van der Waals surface area contributed by atoms with Crippen LogP contribution in [0.1, 0.15) is 16.8 Å². The summed E-state index contributed by atoms with van der Waals surface area (Å²) in [5.41, 5.74) is 11.4. The number of nitrogens with two attached hydrogens (primary N) is 1. The van der Waals surface area contributed by atoms with E-state index in [1.165, 1.54) is 11.3 Å². The summed E-state index contributed by atoms with van der Waals surface area (Å²) < 4.78 is 5.43. The molecule has 0 saturated carbocycles. The lowest BCUT2D eigenvalue weighted by Crippen LogP contribution is -2.36. The van der Waals surface area contributed by atoms with Crippen molar-refractivity contribution in [2.24, 2.45) is 0 Å². The van der Waals surface area contributed by atoms with Crippen molar-refractivity contribution in [1.29, 1.82) is 0 Å². The highest BCUT2D eigenvalue weighted by molar-refractivity contribution is 5.58. The van der Waals surface area contributed by atoms with Crippen LogP contribution in [-0.4, -0.2) is 47.7 Å². The van der Waals surface area contributed by atoms with Crippen molar-refractivity contribution in [3.05, 3.63) is 75.7 Å². The Bertz CT molecular complexity index is 1100. The Morgan fingerprint density at radius 3 is 2.48 bits per heavy atom. The van der Waals surface area contributed by atoms with E-state index in [4.69, 9.17) is 15.5 Å². The summed E-state index contributed by atoms with van der Waals surface area (Å²) in [5, 5.41) is 0. The summed E-state index contributed by atoms with van der Waals surface area (Å²) in [6.07, 6.45) is 0.771. The highest BCUT2D eigenvalue weighted by Crippen LogP contribution is 2.22. The number of nitrogens with one attached hydrogen (secondary N) is 1. The van der Waals surface area contributed by atoms with Crippen molar-refractivity contribution in [3.8, 4) is 11.4 Å². The van der Waals surface area contributed by atoms with Crippen molar-refractivity contribution >= 4 is 11.4 Å². The molecule has 0 bridgehead atoms. The summed E-state index contributed by atoms with van der Waals surface area (Å²) in [6.45, 7) is 5.78. The molecular weight excluding hydrogens is 390 g/mol. The fraction of sp³-hybridized carbons (Fsp3) is 0.333. The number of morpholine rings is 1. The zero-order valence-corrected chi connectivity index (χ0v) is 17.5. The van der Waals surface area contributed by atoms with Gasteiger partial charge in [-0.15, -0.1) is 0 Å². The number of rotatable bonds is 4. The number of nitrogen functional groups attached to an aromatic ring is 1. The maximum absolute atomic E-state index is 12.8. The van der Waals surface area contributed by atoms with Gasteiger partial charge >= 0.3 is 0 Å². The van der Waals surface area contributed by atoms with Crippen LogP contribution in [0.2, 0.25) is 0 Å². The monoisotopic (exact) mass is 417 g/mol. The lowest BCUT2D eigenvalue weighted by molar-refractivity contribution is 0.122. The van der Waals surface area contributed by atoms with Gasteiger partial charge in [-0.1, -0.05) is 12.1 Å². The van der Waals surface area contributed by atoms with E-state index in [9.17, 15) is 4.79 Å². The summed E-state index contributed by atoms with van der Waals surface area (Å²) in [7, 11) is 0. The second kappa shape index (κ2) is 8.53. The number of hydrogen-bond donors (Lipinski definition) is 2. The second-order valence-corrected chi connectivity index (χ2v) is 8.19. The minimum atomic E-state index is -0.0517. The van der Waals surface area contributed by atoms with E-state index in [1.807, 2.05) is 24.3 Å². The number of hydrogen-bond acceptors (Lipinski definition) is 6. The number of ether oxygens (including phenoxy) is 1. The van der Waals surface area contributed by atoms with Crippen molar-refractivity contribution in [3.63, 3.8) is 0 Å². The third-order valence-electron chi connectivity index (χ3n) is 6.05. The molecular formula is C24H27N5O2. The fourth-order valence-corrected chi connectivity index (χ4v) is 4.29. The van der Waals surface area contributed by atoms with E-state index in [2.05, 4.69) is 39.0 Å². The molecule has 0 radical (unpaired) electrons. The molecule has 5 rings (SSSR count). The van der Waals surface area contributed by atoms with E-state index in [0.717, 1.165) is 62.6 Å². The average Bonchev–Trinajstić information content (AvgIpc) is 2.81. The van der Waals surface area contributed by atoms with Gasteiger partial charge in [0.15, 0.2) is 0 Å². The van der Waals surface area contributed by atoms with Crippen LogP contribution in [0, 0.1) is 0 Å². The minimum absolute atomic E-state index is 0.0517. The lowest BCUT2D eigenvalue weighted by Gasteiger charge is -2.30. The number of aromatic nitrogens is 2. The highest BCUT2D eigenvalue weighted by Gasteiger charge is 2.22. The number of anilines is 2. The first-order chi connectivity index (χ1) is 15.2. The molecule has 3 heterocycles. The Labute approximate surface area is 181 Å². The van der Waals surface area contributed by atoms with E-state index >= 15 is 0 Å². The molecule has 160 valence electrons. The van der Waals surface area contributed by atoms with Gasteiger partial charge in [0, 0.05) is 56.1 Å². The van der Waals surface area contributed by atoms with E-state index < -0.39 is 0 Å². The third kappa shape index (κ3) is 4.33. The van der Waals surface area contributed by atoms with Crippen LogP contribution in [0.15, 0.2) is 53.3 Å². The highest BCUT2D eigenvalue weighted by atomic mass is 16.5. The van der Waals surface area contributed by atoms with E-state index in [-0.39, 0.29) is 5.56 Å². The molecule has 7 heteroatoms. The molecule has 1 saturated heterocycles. The van der Waals surface area contributed by atoms with Gasteiger partial charge in [0.05, 0.1) is 24.5 Å². The topological polar surface area (TPSA) is 87.5 Å². The molecule has 2 aliphatic rings. The first kappa shape index (κ1) is 19.8. The fourth-order valence-electron chi connectivity index (χ4n) is 4.29. The van der Waals surface area contributed by atoms with E-state index in [1.54, 1.807) is 0 Å². The quantitative estimate of drug-likeness (QED) is 0.634. The van der Waals surface area contributed by atoms with Gasteiger partial charge in [-0.25, -0.2) is 4.98 Å². The molecule has 7 nitrogen and oxygen atoms in total. The number of nitrogens with zero attached hydrogens (tertiary/aromatic N) is 3. The SMILES string of the molecule is Nc1ccc(-c2nc3c(c(=O)[nH]2)CN(Cc2ccc(N4CCOCC4)cc2)CC3)cc1. The van der Waals surface area contributed by atoms with E-state index in [0.29, 0.717) is 18.1 Å². The molecule has 1 fully saturated rings. The molecule has 0 amide bonds. The molecule has 0 unspecified atom stereocenters. The van der Waals surface area contributed by atoms with Crippen molar-refractivity contribution in [2.45, 2.75) is 19.5 Å². The maximum atomic E-state index is 12.8. The summed E-state index contributed by atoms with van der Waals surface area (Å²) in [4.78, 5) is 25.1. The zero-order valence-electron chi connectivity index (χ0n) is 17.5. The van der Waals surface area contributed by atoms with Gasteiger partial charge in [0.25, 0.3) is 5.56 Å². The molecule has 2 aliphatic heterocycles. The largest absolute Gasteiger partial charge is 0.399 e. The maximum Gasteiger partial charge on any atom is 0.255 e. The van der Waals surface area contributed by atoms with Gasteiger partial charge < -0.3 is 20.4 Å². The number of fused-ring (bicyclic) bond motifs is 1. The van der Waals surface area contributed by atoms with Gasteiger partial charge in [0.2, 0.25) is 0 Å². The van der Waals surface area contributed by atoms with Gasteiger partial charge in [-0.2, -0.15) is 0 Å². The summed E-state index contributed by atoms with van der Waals surface area (Å²) >= 11 is 0. The van der Waals surface area contributed by atoms with Gasteiger partial charge in [-0.3, -0.25) is 9.69 Å². The van der Waals surface area contributed by atoms with Crippen LogP contribution < -0.4 is 16.2 Å². The molecule has 0 atom stereocenters. The molecule has 0 aliphatic carbocycles. The number of benzene rings is 2. The Morgan fingerprint density at radius 1 is 1.00 bits per heavy atom. The average molecular weight is 418 g/mol. The number of H-pyrrole nitrogens is 1. The Morgan fingerprint density at radius 2 is 1.74 bits per heavy atom. The third-order valence-corrected chi connectivity index (χ3v) is 6.05. The minimum Gasteiger partial charge on any atom is -0.399 e. The Balaban J connectivity index is 1.28. The predicted molar refractivity (Wildman–Crippen MR) is 122 cm³/mol. The summed E-state index contributed by atoms with van der Waals surface area (Å²) in [6, 6.07) is 16.2. The van der Waals surface area contributed by atoms with Crippen LogP contribution >= 0.6 is 0 Å². The van der Waals surface area contributed by atoms with Crippen molar-refractivity contribution in [2.75, 3.05) is 43.5 Å². The summed E-state index contributed by atoms with van der Waals surface area (Å²) in [5.74, 6) is 0.607. The van der Waals surface area contributed by atoms with Crippen LogP contribution in [0.4, 0.5) is 11.4 Å². The number of aromatic amines is 1. The normalized spacial score (nSPS) is 16.8. The molecule has 1 aromatic heterocycles. The Kier molecular flexibility index (Phi) is 5.44. The molecule has 31 heavy (non-hydrogen) atoms. The molecule has 0 spiro atoms. The first-order valence-corrected chi connectivity index (χ1v) is 10.8. The molecule has 3 aromatic rings. The smallest absolute Gasteiger partial charge is 0.255 e. The van der Waals surface area contributed by atoms with Gasteiger partial charge in [-0.05, 0) is 42.0 Å². The first-order valence-electron chi connectivity index (χ1n) is 10.8. The van der Waals surface area contributed by atoms with Crippen molar-refractivity contribution < 1.29 is 4.74 Å². The van der Waals surface area contributed by atoms with Crippen LogP contribution in [-0.2, 0) is 24.2 Å². The van der Waals surface area contributed by atoms with Crippen molar-refractivity contribution in [1.82, 2.24) is 14.9 Å². The Hall–Kier alpha value is -3.16. The molecule has 3 N–H and O–H groups in total. The van der Waals surface area contributed by atoms with Crippen LogP contribution in [0.3, 0.4) is 0 Å². The van der Waals surface area contributed by atoms with Crippen LogP contribution in [0.25, 0.3) is 11.4 Å². The second-order valence-electron chi connectivity index (χ2n) is 8.19. The van der Waals surface area contributed by atoms with Gasteiger partial charge in [0.1, 0.15) is 5.82 Å². The lowest BCUT2D eigenvalue weighted by atomic mass is 10.0. The van der Waals surface area contributed by atoms with Crippen LogP contribution in [0.5, 0.6) is 0 Å². The standard InChI is InChI=1S/C24H27N5O2/c25-19-5-3-18(4-6-19)23-26-22-9-10-28(16-21(22)24(30)27-23)15-17-1-7-20(8-2-17)29-11-13-31-14-12-29/h1-8H,9-16,25H2,(H,26,27,30).